The molecule has 1 amide bonds. The number of nitrogens with zero attached hydrogens (tertiary/aromatic N) is 3. The maximum Gasteiger partial charge on any atom is 0.410 e. The first-order chi connectivity index (χ1) is 14.8. The third kappa shape index (κ3) is 6.12. The van der Waals surface area contributed by atoms with Crippen molar-refractivity contribution in [3.05, 3.63) is 53.6 Å². The predicted molar refractivity (Wildman–Crippen MR) is 112 cm³/mol. The van der Waals surface area contributed by atoms with Gasteiger partial charge in [0.2, 0.25) is 0 Å². The molecule has 0 aliphatic heterocycles. The Kier molecular flexibility index (Phi) is 7.76. The molecule has 2 aromatic rings. The van der Waals surface area contributed by atoms with Crippen molar-refractivity contribution >= 4 is 11.9 Å². The first-order valence-electron chi connectivity index (χ1n) is 10.6. The van der Waals surface area contributed by atoms with Gasteiger partial charge in [-0.2, -0.15) is 0 Å². The van der Waals surface area contributed by atoms with Crippen molar-refractivity contribution in [3.63, 3.8) is 0 Å². The second-order valence-electron chi connectivity index (χ2n) is 8.13. The van der Waals surface area contributed by atoms with Crippen LogP contribution < -0.4 is 0 Å². The summed E-state index contributed by atoms with van der Waals surface area (Å²) in [5.41, 5.74) is 2.06. The first kappa shape index (κ1) is 22.9. The first-order valence-corrected chi connectivity index (χ1v) is 10.6. The van der Waals surface area contributed by atoms with E-state index in [1.165, 1.54) is 10.9 Å². The van der Waals surface area contributed by atoms with E-state index in [2.05, 4.69) is 4.98 Å². The van der Waals surface area contributed by atoms with Crippen LogP contribution in [0, 0.1) is 12.8 Å². The van der Waals surface area contributed by atoms with Gasteiger partial charge in [0.25, 0.3) is 6.43 Å². The third-order valence-electron chi connectivity index (χ3n) is 5.97. The maximum absolute atomic E-state index is 12.9. The van der Waals surface area contributed by atoms with Crippen LogP contribution in [0.15, 0.2) is 36.7 Å². The van der Waals surface area contributed by atoms with E-state index in [0.717, 1.165) is 24.8 Å². The van der Waals surface area contributed by atoms with Crippen molar-refractivity contribution in [3.8, 4) is 0 Å². The van der Waals surface area contributed by atoms with Crippen molar-refractivity contribution in [2.75, 3.05) is 7.05 Å². The average molecular weight is 433 g/mol. The number of amides is 1. The summed E-state index contributed by atoms with van der Waals surface area (Å²) in [6.07, 6.45) is 1.46. The molecule has 0 radical (unpaired) electrons. The molecule has 0 spiro atoms. The molecule has 8 heteroatoms. The molecule has 168 valence electrons. The minimum Gasteiger partial charge on any atom is -0.445 e. The lowest BCUT2D eigenvalue weighted by molar-refractivity contribution is -0.123. The molecule has 2 atom stereocenters. The number of halogens is 2. The lowest BCUT2D eigenvalue weighted by Crippen LogP contribution is -2.42. The Morgan fingerprint density at radius 3 is 2.71 bits per heavy atom. The molecule has 3 rings (SSSR count). The Morgan fingerprint density at radius 2 is 2.00 bits per heavy atom. The Morgan fingerprint density at radius 1 is 1.26 bits per heavy atom. The summed E-state index contributed by atoms with van der Waals surface area (Å²) in [7, 11) is 1.70. The van der Waals surface area contributed by atoms with Crippen LogP contribution in [-0.4, -0.2) is 45.8 Å². The minimum absolute atomic E-state index is 0.00914. The van der Waals surface area contributed by atoms with Gasteiger partial charge in [-0.15, -0.1) is 0 Å². The summed E-state index contributed by atoms with van der Waals surface area (Å²) in [5, 5.41) is 0. The molecule has 0 unspecified atom stereocenters. The number of rotatable bonds is 8. The fourth-order valence-electron chi connectivity index (χ4n) is 4.13. The van der Waals surface area contributed by atoms with E-state index in [4.69, 9.17) is 4.74 Å². The van der Waals surface area contributed by atoms with Crippen LogP contribution in [0.2, 0.25) is 0 Å². The molecular weight excluding hydrogens is 404 g/mol. The summed E-state index contributed by atoms with van der Waals surface area (Å²) >= 11 is 0. The predicted octanol–water partition coefficient (Wildman–Crippen LogP) is 4.40. The van der Waals surface area contributed by atoms with E-state index >= 15 is 0 Å². The zero-order chi connectivity index (χ0) is 22.4. The van der Waals surface area contributed by atoms with Gasteiger partial charge >= 0.3 is 6.09 Å². The topological polar surface area (TPSA) is 64.4 Å². The normalized spacial score (nSPS) is 18.7. The van der Waals surface area contributed by atoms with Crippen molar-refractivity contribution in [2.45, 2.75) is 64.6 Å². The Balaban J connectivity index is 1.56. The van der Waals surface area contributed by atoms with Gasteiger partial charge in [0.05, 0.1) is 18.6 Å². The number of Topliss-reactive ketones (excluding diaryl/α,β-unsaturated/α-hetero) is 1. The molecule has 6 nitrogen and oxygen atoms in total. The highest BCUT2D eigenvalue weighted by Gasteiger charge is 2.32. The fraction of sp³-hybridized carbons (Fsp3) is 0.522. The van der Waals surface area contributed by atoms with E-state index in [1.807, 2.05) is 30.3 Å². The second-order valence-corrected chi connectivity index (χ2v) is 8.13. The molecule has 1 heterocycles. The number of carbonyl (C=O) groups excluding carboxylic acids is 2. The largest absolute Gasteiger partial charge is 0.445 e. The highest BCUT2D eigenvalue weighted by atomic mass is 19.3. The van der Waals surface area contributed by atoms with Crippen LogP contribution in [0.5, 0.6) is 0 Å². The minimum atomic E-state index is -2.50. The highest BCUT2D eigenvalue weighted by Crippen LogP contribution is 2.29. The quantitative estimate of drug-likeness (QED) is 0.619. The van der Waals surface area contributed by atoms with Crippen molar-refractivity contribution in [1.29, 1.82) is 0 Å². The monoisotopic (exact) mass is 433 g/mol. The van der Waals surface area contributed by atoms with Gasteiger partial charge in [-0.05, 0) is 31.7 Å². The van der Waals surface area contributed by atoms with Gasteiger partial charge in [0.15, 0.2) is 0 Å². The fourth-order valence-corrected chi connectivity index (χ4v) is 4.13. The molecule has 1 aromatic carbocycles. The van der Waals surface area contributed by atoms with Crippen LogP contribution >= 0.6 is 0 Å². The summed E-state index contributed by atoms with van der Waals surface area (Å²) in [5.74, 6) is -0.202. The number of aromatic nitrogens is 2. The number of imidazole rings is 1. The summed E-state index contributed by atoms with van der Waals surface area (Å²) in [6.45, 7) is 1.46. The Hall–Kier alpha value is -2.77. The zero-order valence-corrected chi connectivity index (χ0v) is 18.0. The molecule has 31 heavy (non-hydrogen) atoms. The summed E-state index contributed by atoms with van der Waals surface area (Å²) in [4.78, 5) is 31.1. The Bertz CT molecular complexity index is 885. The van der Waals surface area contributed by atoms with E-state index in [-0.39, 0.29) is 30.8 Å². The Labute approximate surface area is 181 Å². The molecule has 1 aliphatic carbocycles. The summed E-state index contributed by atoms with van der Waals surface area (Å²) in [6, 6.07) is 9.38. The third-order valence-corrected chi connectivity index (χ3v) is 5.97. The van der Waals surface area contributed by atoms with Crippen LogP contribution in [0.1, 0.15) is 42.6 Å². The lowest BCUT2D eigenvalue weighted by Gasteiger charge is -2.34. The van der Waals surface area contributed by atoms with Gasteiger partial charge in [-0.1, -0.05) is 36.8 Å². The van der Waals surface area contributed by atoms with Crippen LogP contribution in [-0.2, 0) is 29.1 Å². The van der Waals surface area contributed by atoms with E-state index < -0.39 is 19.1 Å². The van der Waals surface area contributed by atoms with E-state index in [9.17, 15) is 18.4 Å². The molecule has 1 aromatic heterocycles. The van der Waals surface area contributed by atoms with Crippen molar-refractivity contribution < 1.29 is 23.1 Å². The summed E-state index contributed by atoms with van der Waals surface area (Å²) < 4.78 is 32.4. The van der Waals surface area contributed by atoms with Gasteiger partial charge < -0.3 is 14.2 Å². The zero-order valence-electron chi connectivity index (χ0n) is 18.0. The van der Waals surface area contributed by atoms with Gasteiger partial charge in [0.1, 0.15) is 12.4 Å². The molecule has 1 fully saturated rings. The van der Waals surface area contributed by atoms with E-state index in [0.29, 0.717) is 17.8 Å². The molecule has 1 aliphatic rings. The molecule has 1 saturated carbocycles. The smallest absolute Gasteiger partial charge is 0.410 e. The molecular formula is C23H29F2N3O3. The number of ether oxygens (including phenoxy) is 1. The lowest BCUT2D eigenvalue weighted by atomic mass is 9.81. The van der Waals surface area contributed by atoms with Crippen molar-refractivity contribution in [1.82, 2.24) is 14.5 Å². The number of alkyl halides is 2. The van der Waals surface area contributed by atoms with Gasteiger partial charge in [-0.3, -0.25) is 4.79 Å². The highest BCUT2D eigenvalue weighted by molar-refractivity contribution is 5.83. The van der Waals surface area contributed by atoms with Crippen molar-refractivity contribution in [2.24, 2.45) is 5.92 Å². The molecule has 0 N–H and O–H groups in total. The average Bonchev–Trinajstić information content (AvgIpc) is 3.10. The number of carbonyl (C=O) groups is 2. The molecule has 0 bridgehead atoms. The number of aryl methyl sites for hydroxylation is 1. The van der Waals surface area contributed by atoms with Crippen LogP contribution in [0.25, 0.3) is 0 Å². The van der Waals surface area contributed by atoms with Crippen LogP contribution in [0.4, 0.5) is 13.6 Å². The number of hydrogen-bond donors (Lipinski definition) is 0. The van der Waals surface area contributed by atoms with Gasteiger partial charge in [0, 0.05) is 31.1 Å². The van der Waals surface area contributed by atoms with E-state index in [1.54, 1.807) is 18.9 Å². The number of hydrogen-bond acceptors (Lipinski definition) is 4. The maximum atomic E-state index is 12.9. The molecule has 0 saturated heterocycles. The van der Waals surface area contributed by atoms with Crippen LogP contribution in [0.3, 0.4) is 0 Å². The van der Waals surface area contributed by atoms with Gasteiger partial charge in [-0.25, -0.2) is 18.6 Å². The SMILES string of the molecule is Cc1ncn(CC(F)F)c1CC(=O)[C@H]1CCC[C@@H](N(C)C(=O)OCc2ccccc2)C1. The standard InChI is InChI=1S/C23H29F2N3O3/c1-16-20(28(15-26-16)13-22(24)25)12-21(29)18-9-6-10-19(11-18)27(2)23(30)31-14-17-7-4-3-5-8-17/h3-5,7-8,15,18-19,22H,6,9-14H2,1-2H3/t18-,19+/m0/s1. The second kappa shape index (κ2) is 10.5. The number of benzene rings is 1. The number of ketones is 1.